The zero-order valence-electron chi connectivity index (χ0n) is 11.1. The molecule has 2 rings (SSSR count). The van der Waals surface area contributed by atoms with E-state index >= 15 is 0 Å². The van der Waals surface area contributed by atoms with Crippen LogP contribution >= 0.6 is 15.9 Å². The van der Waals surface area contributed by atoms with Crippen LogP contribution in [0.5, 0.6) is 0 Å². The molecule has 2 aromatic rings. The molecule has 2 aromatic carbocycles. The maximum Gasteiger partial charge on any atom is 0.252 e. The van der Waals surface area contributed by atoms with Crippen molar-refractivity contribution in [3.05, 3.63) is 70.2 Å². The second-order valence-corrected chi connectivity index (χ2v) is 5.66. The van der Waals surface area contributed by atoms with Crippen LogP contribution in [0.15, 0.2) is 59.1 Å². The third-order valence-corrected chi connectivity index (χ3v) is 3.80. The molecule has 0 bridgehead atoms. The zero-order valence-corrected chi connectivity index (χ0v) is 12.7. The Morgan fingerprint density at radius 1 is 1.15 bits per heavy atom. The van der Waals surface area contributed by atoms with E-state index < -0.39 is 5.60 Å². The topological polar surface area (TPSA) is 49.3 Å². The van der Waals surface area contributed by atoms with Gasteiger partial charge in [-0.1, -0.05) is 42.5 Å². The number of amides is 1. The molecule has 104 valence electrons. The Hall–Kier alpha value is -1.65. The van der Waals surface area contributed by atoms with Crippen LogP contribution in [0.3, 0.4) is 0 Å². The van der Waals surface area contributed by atoms with Gasteiger partial charge < -0.3 is 10.4 Å². The summed E-state index contributed by atoms with van der Waals surface area (Å²) in [6.45, 7) is 1.83. The van der Waals surface area contributed by atoms with E-state index in [1.165, 1.54) is 0 Å². The molecule has 1 atom stereocenters. The Morgan fingerprint density at radius 3 is 2.40 bits per heavy atom. The molecule has 1 amide bonds. The van der Waals surface area contributed by atoms with E-state index in [4.69, 9.17) is 0 Å². The van der Waals surface area contributed by atoms with Gasteiger partial charge in [-0.25, -0.2) is 0 Å². The van der Waals surface area contributed by atoms with Gasteiger partial charge in [-0.05, 0) is 40.5 Å². The van der Waals surface area contributed by atoms with E-state index in [0.29, 0.717) is 5.56 Å². The zero-order chi connectivity index (χ0) is 14.6. The monoisotopic (exact) mass is 333 g/mol. The van der Waals surface area contributed by atoms with Crippen molar-refractivity contribution in [3.63, 3.8) is 0 Å². The van der Waals surface area contributed by atoms with Crippen molar-refractivity contribution in [2.45, 2.75) is 12.5 Å². The molecule has 0 unspecified atom stereocenters. The van der Waals surface area contributed by atoms with Crippen LogP contribution in [0.1, 0.15) is 22.8 Å². The quantitative estimate of drug-likeness (QED) is 0.903. The fourth-order valence-corrected chi connectivity index (χ4v) is 2.36. The SMILES string of the molecule is C[C@@](O)(CNC(=O)c1ccccc1Br)c1ccccc1. The second-order valence-electron chi connectivity index (χ2n) is 4.80. The van der Waals surface area contributed by atoms with Crippen molar-refractivity contribution in [3.8, 4) is 0 Å². The van der Waals surface area contributed by atoms with Gasteiger partial charge in [-0.3, -0.25) is 4.79 Å². The Kier molecular flexibility index (Phi) is 4.57. The van der Waals surface area contributed by atoms with Crippen molar-refractivity contribution < 1.29 is 9.90 Å². The van der Waals surface area contributed by atoms with Gasteiger partial charge in [0.15, 0.2) is 0 Å². The highest BCUT2D eigenvalue weighted by molar-refractivity contribution is 9.10. The first-order valence-electron chi connectivity index (χ1n) is 6.31. The van der Waals surface area contributed by atoms with Crippen molar-refractivity contribution in [1.29, 1.82) is 0 Å². The van der Waals surface area contributed by atoms with Crippen LogP contribution in [0.2, 0.25) is 0 Å². The van der Waals surface area contributed by atoms with Gasteiger partial charge in [0, 0.05) is 4.47 Å². The van der Waals surface area contributed by atoms with E-state index in [9.17, 15) is 9.90 Å². The minimum atomic E-state index is -1.10. The molecule has 0 aliphatic rings. The Bertz CT molecular complexity index is 596. The molecule has 0 saturated carbocycles. The average Bonchev–Trinajstić information content (AvgIpc) is 2.46. The predicted molar refractivity (Wildman–Crippen MR) is 82.5 cm³/mol. The van der Waals surface area contributed by atoms with Crippen molar-refractivity contribution in [2.24, 2.45) is 0 Å². The van der Waals surface area contributed by atoms with Crippen LogP contribution < -0.4 is 5.32 Å². The maximum atomic E-state index is 12.1. The molecule has 4 heteroatoms. The molecular weight excluding hydrogens is 318 g/mol. The van der Waals surface area contributed by atoms with Gasteiger partial charge in [-0.15, -0.1) is 0 Å². The van der Waals surface area contributed by atoms with E-state index in [1.807, 2.05) is 42.5 Å². The Labute approximate surface area is 126 Å². The van der Waals surface area contributed by atoms with Gasteiger partial charge in [0.05, 0.1) is 12.1 Å². The number of nitrogens with one attached hydrogen (secondary N) is 1. The summed E-state index contributed by atoms with van der Waals surface area (Å²) in [7, 11) is 0. The first-order valence-corrected chi connectivity index (χ1v) is 7.10. The Morgan fingerprint density at radius 2 is 1.75 bits per heavy atom. The largest absolute Gasteiger partial charge is 0.384 e. The lowest BCUT2D eigenvalue weighted by molar-refractivity contribution is 0.0526. The molecule has 0 spiro atoms. The number of halogens is 1. The lowest BCUT2D eigenvalue weighted by Gasteiger charge is -2.24. The molecular formula is C16H16BrNO2. The molecule has 20 heavy (non-hydrogen) atoms. The fourth-order valence-electron chi connectivity index (χ4n) is 1.89. The number of carbonyl (C=O) groups is 1. The van der Waals surface area contributed by atoms with Gasteiger partial charge in [0.25, 0.3) is 5.91 Å². The molecule has 0 radical (unpaired) electrons. The van der Waals surface area contributed by atoms with Crippen molar-refractivity contribution in [1.82, 2.24) is 5.32 Å². The first kappa shape index (κ1) is 14.8. The lowest BCUT2D eigenvalue weighted by atomic mass is 9.96. The number of benzene rings is 2. The molecule has 3 nitrogen and oxygen atoms in total. The first-order chi connectivity index (χ1) is 9.50. The van der Waals surface area contributed by atoms with E-state index in [0.717, 1.165) is 10.0 Å². The third kappa shape index (κ3) is 3.46. The van der Waals surface area contributed by atoms with Gasteiger partial charge in [-0.2, -0.15) is 0 Å². The van der Waals surface area contributed by atoms with E-state index in [-0.39, 0.29) is 12.5 Å². The molecule has 0 saturated heterocycles. The summed E-state index contributed by atoms with van der Waals surface area (Å²) in [6, 6.07) is 16.5. The van der Waals surface area contributed by atoms with Crippen LogP contribution in [0.25, 0.3) is 0 Å². The van der Waals surface area contributed by atoms with Crippen LogP contribution in [-0.4, -0.2) is 17.6 Å². The number of rotatable bonds is 4. The molecule has 0 heterocycles. The van der Waals surface area contributed by atoms with Gasteiger partial charge >= 0.3 is 0 Å². The smallest absolute Gasteiger partial charge is 0.252 e. The highest BCUT2D eigenvalue weighted by Crippen LogP contribution is 2.20. The summed E-state index contributed by atoms with van der Waals surface area (Å²) in [5, 5.41) is 13.2. The third-order valence-electron chi connectivity index (χ3n) is 3.11. The summed E-state index contributed by atoms with van der Waals surface area (Å²) < 4.78 is 0.733. The van der Waals surface area contributed by atoms with Crippen LogP contribution in [-0.2, 0) is 5.60 Å². The lowest BCUT2D eigenvalue weighted by Crippen LogP contribution is -2.38. The molecule has 0 aliphatic carbocycles. The summed E-state index contributed by atoms with van der Waals surface area (Å²) in [6.07, 6.45) is 0. The normalized spacial score (nSPS) is 13.6. The Balaban J connectivity index is 2.05. The standard InChI is InChI=1S/C16H16BrNO2/c1-16(20,12-7-3-2-4-8-12)11-18-15(19)13-9-5-6-10-14(13)17/h2-10,20H,11H2,1H3,(H,18,19)/t16-/m1/s1. The molecule has 0 fully saturated rings. The van der Waals surface area contributed by atoms with Crippen LogP contribution in [0.4, 0.5) is 0 Å². The summed E-state index contributed by atoms with van der Waals surface area (Å²) in [4.78, 5) is 12.1. The minimum Gasteiger partial charge on any atom is -0.384 e. The number of hydrogen-bond donors (Lipinski definition) is 2. The summed E-state index contributed by atoms with van der Waals surface area (Å²) >= 11 is 3.34. The van der Waals surface area contributed by atoms with Crippen molar-refractivity contribution >= 4 is 21.8 Å². The maximum absolute atomic E-state index is 12.1. The predicted octanol–water partition coefficient (Wildman–Crippen LogP) is 3.09. The van der Waals surface area contributed by atoms with Gasteiger partial charge in [0.2, 0.25) is 0 Å². The molecule has 0 aromatic heterocycles. The average molecular weight is 334 g/mol. The minimum absolute atomic E-state index is 0.150. The molecule has 0 aliphatic heterocycles. The van der Waals surface area contributed by atoms with E-state index in [2.05, 4.69) is 21.2 Å². The van der Waals surface area contributed by atoms with Gasteiger partial charge in [0.1, 0.15) is 5.60 Å². The second kappa shape index (κ2) is 6.20. The summed E-state index contributed by atoms with van der Waals surface area (Å²) in [5.74, 6) is -0.214. The summed E-state index contributed by atoms with van der Waals surface area (Å²) in [5.41, 5.74) is 0.224. The van der Waals surface area contributed by atoms with E-state index in [1.54, 1.807) is 19.1 Å². The van der Waals surface area contributed by atoms with Crippen LogP contribution in [0, 0.1) is 0 Å². The highest BCUT2D eigenvalue weighted by atomic mass is 79.9. The number of aliphatic hydroxyl groups is 1. The molecule has 2 N–H and O–H groups in total. The fraction of sp³-hybridized carbons (Fsp3) is 0.188. The van der Waals surface area contributed by atoms with Crippen molar-refractivity contribution in [2.75, 3.05) is 6.54 Å². The highest BCUT2D eigenvalue weighted by Gasteiger charge is 2.24. The number of hydrogen-bond acceptors (Lipinski definition) is 2. The number of carbonyl (C=O) groups excluding carboxylic acids is 1.